The summed E-state index contributed by atoms with van der Waals surface area (Å²) in [4.78, 5) is 8.18. The third-order valence-corrected chi connectivity index (χ3v) is 6.97. The first-order valence-electron chi connectivity index (χ1n) is 9.58. The molecule has 176 valence electrons. The average molecular weight is 528 g/mol. The molecule has 12 heteroatoms. The van der Waals surface area contributed by atoms with Crippen molar-refractivity contribution in [1.82, 2.24) is 9.97 Å². The number of para-hydroxylation sites is 2. The molecule has 0 saturated heterocycles. The standard InChI is InChI=1S/C22H14Cl2F3N3O3S/c23-15-8-5-11-18(19(15)24)34(31,32)30-20-21(29-17-10-4-3-9-16(17)28-20)33-12-13-6-1-2-7-14(13)22(25,26)27/h1-11H,12H2,(H,28,30). The van der Waals surface area contributed by atoms with Gasteiger partial charge in [-0.25, -0.2) is 18.4 Å². The molecule has 1 aromatic heterocycles. The third-order valence-electron chi connectivity index (χ3n) is 4.66. The number of nitrogens with zero attached hydrogens (tertiary/aromatic N) is 2. The number of hydrogen-bond donors (Lipinski definition) is 1. The molecule has 1 heterocycles. The summed E-state index contributed by atoms with van der Waals surface area (Å²) in [6, 6.07) is 15.5. The van der Waals surface area contributed by atoms with Gasteiger partial charge in [0, 0.05) is 5.56 Å². The fourth-order valence-corrected chi connectivity index (χ4v) is 4.86. The van der Waals surface area contributed by atoms with Crippen LogP contribution >= 0.6 is 23.2 Å². The van der Waals surface area contributed by atoms with Crippen LogP contribution in [0.15, 0.2) is 71.6 Å². The minimum Gasteiger partial charge on any atom is -0.470 e. The second kappa shape index (κ2) is 9.28. The van der Waals surface area contributed by atoms with Crippen molar-refractivity contribution >= 4 is 50.1 Å². The van der Waals surface area contributed by atoms with Crippen LogP contribution in [0.2, 0.25) is 10.0 Å². The van der Waals surface area contributed by atoms with Gasteiger partial charge in [0.2, 0.25) is 5.82 Å². The van der Waals surface area contributed by atoms with E-state index in [1.165, 1.54) is 36.4 Å². The zero-order valence-corrected chi connectivity index (χ0v) is 19.3. The molecule has 6 nitrogen and oxygen atoms in total. The number of rotatable bonds is 6. The molecule has 34 heavy (non-hydrogen) atoms. The Labute approximate surface area is 202 Å². The monoisotopic (exact) mass is 527 g/mol. The Kier molecular flexibility index (Phi) is 6.57. The number of ether oxygens (including phenoxy) is 1. The Morgan fingerprint density at radius 1 is 0.882 bits per heavy atom. The van der Waals surface area contributed by atoms with Gasteiger partial charge in [-0.2, -0.15) is 13.2 Å². The summed E-state index contributed by atoms with van der Waals surface area (Å²) < 4.78 is 73.8. The first-order valence-corrected chi connectivity index (χ1v) is 11.8. The Hall–Kier alpha value is -3.08. The molecule has 0 unspecified atom stereocenters. The van der Waals surface area contributed by atoms with Gasteiger partial charge in [-0.3, -0.25) is 4.72 Å². The molecule has 0 saturated carbocycles. The van der Waals surface area contributed by atoms with Crippen molar-refractivity contribution in [3.63, 3.8) is 0 Å². The normalized spacial score (nSPS) is 12.0. The van der Waals surface area contributed by atoms with Crippen molar-refractivity contribution in [2.75, 3.05) is 4.72 Å². The van der Waals surface area contributed by atoms with Crippen molar-refractivity contribution in [3.05, 3.63) is 87.9 Å². The van der Waals surface area contributed by atoms with E-state index in [0.717, 1.165) is 6.07 Å². The van der Waals surface area contributed by atoms with Gasteiger partial charge in [0.15, 0.2) is 0 Å². The third kappa shape index (κ3) is 5.03. The highest BCUT2D eigenvalue weighted by molar-refractivity contribution is 7.92. The lowest BCUT2D eigenvalue weighted by atomic mass is 10.1. The van der Waals surface area contributed by atoms with Gasteiger partial charge in [0.25, 0.3) is 15.9 Å². The first kappa shape index (κ1) is 24.1. The highest BCUT2D eigenvalue weighted by Crippen LogP contribution is 2.34. The van der Waals surface area contributed by atoms with Gasteiger partial charge in [0.05, 0.1) is 26.6 Å². The van der Waals surface area contributed by atoms with Gasteiger partial charge in [0.1, 0.15) is 11.5 Å². The highest BCUT2D eigenvalue weighted by atomic mass is 35.5. The van der Waals surface area contributed by atoms with Crippen LogP contribution < -0.4 is 9.46 Å². The predicted octanol–water partition coefficient (Wildman–Crippen LogP) is 6.34. The molecule has 1 N–H and O–H groups in total. The number of anilines is 1. The maximum Gasteiger partial charge on any atom is 0.416 e. The van der Waals surface area contributed by atoms with Crippen LogP contribution in [0, 0.1) is 0 Å². The number of alkyl halides is 3. The molecule has 0 amide bonds. The number of aromatic nitrogens is 2. The second-order valence-electron chi connectivity index (χ2n) is 6.97. The average Bonchev–Trinajstić information content (AvgIpc) is 2.78. The highest BCUT2D eigenvalue weighted by Gasteiger charge is 2.33. The van der Waals surface area contributed by atoms with Gasteiger partial charge in [-0.05, 0) is 30.3 Å². The molecule has 0 radical (unpaired) electrons. The SMILES string of the molecule is O=S(=O)(Nc1nc2ccccc2nc1OCc1ccccc1C(F)(F)F)c1cccc(Cl)c1Cl. The summed E-state index contributed by atoms with van der Waals surface area (Å²) in [6.07, 6.45) is -4.59. The topological polar surface area (TPSA) is 81.2 Å². The lowest BCUT2D eigenvalue weighted by molar-refractivity contribution is -0.138. The largest absolute Gasteiger partial charge is 0.470 e. The van der Waals surface area contributed by atoms with Crippen LogP contribution in [0.1, 0.15) is 11.1 Å². The van der Waals surface area contributed by atoms with E-state index in [-0.39, 0.29) is 32.2 Å². The molecule has 0 aliphatic heterocycles. The van der Waals surface area contributed by atoms with Crippen molar-refractivity contribution in [3.8, 4) is 5.88 Å². The lowest BCUT2D eigenvalue weighted by Crippen LogP contribution is -2.17. The van der Waals surface area contributed by atoms with Crippen LogP contribution in [0.4, 0.5) is 19.0 Å². The number of nitrogens with one attached hydrogen (secondary N) is 1. The fraction of sp³-hybridized carbons (Fsp3) is 0.0909. The van der Waals surface area contributed by atoms with Crippen LogP contribution in [0.25, 0.3) is 11.0 Å². The molecule has 0 fully saturated rings. The Morgan fingerprint density at radius 2 is 1.53 bits per heavy atom. The Balaban J connectivity index is 1.74. The predicted molar refractivity (Wildman–Crippen MR) is 123 cm³/mol. The van der Waals surface area contributed by atoms with Crippen LogP contribution in [0.5, 0.6) is 5.88 Å². The zero-order chi connectivity index (χ0) is 24.5. The van der Waals surface area contributed by atoms with E-state index in [1.54, 1.807) is 24.3 Å². The van der Waals surface area contributed by atoms with Gasteiger partial charge in [-0.1, -0.05) is 59.6 Å². The summed E-state index contributed by atoms with van der Waals surface area (Å²) in [5.74, 6) is -0.628. The van der Waals surface area contributed by atoms with Gasteiger partial charge >= 0.3 is 6.18 Å². The zero-order valence-electron chi connectivity index (χ0n) is 17.0. The number of sulfonamides is 1. The van der Waals surface area contributed by atoms with Crippen LogP contribution in [-0.4, -0.2) is 18.4 Å². The number of halogens is 5. The van der Waals surface area contributed by atoms with Crippen molar-refractivity contribution < 1.29 is 26.3 Å². The van der Waals surface area contributed by atoms with Gasteiger partial charge < -0.3 is 4.74 Å². The van der Waals surface area contributed by atoms with E-state index in [9.17, 15) is 21.6 Å². The molecule has 0 bridgehead atoms. The smallest absolute Gasteiger partial charge is 0.416 e. The van der Waals surface area contributed by atoms with E-state index in [2.05, 4.69) is 14.7 Å². The second-order valence-corrected chi connectivity index (χ2v) is 9.40. The van der Waals surface area contributed by atoms with E-state index < -0.39 is 28.4 Å². The van der Waals surface area contributed by atoms with E-state index in [4.69, 9.17) is 27.9 Å². The fourth-order valence-electron chi connectivity index (χ4n) is 3.09. The van der Waals surface area contributed by atoms with E-state index in [0.29, 0.717) is 11.0 Å². The summed E-state index contributed by atoms with van der Waals surface area (Å²) >= 11 is 12.0. The van der Waals surface area contributed by atoms with Gasteiger partial charge in [-0.15, -0.1) is 0 Å². The molecule has 4 aromatic rings. The molecule has 3 aromatic carbocycles. The molecular weight excluding hydrogens is 514 g/mol. The van der Waals surface area contributed by atoms with Crippen molar-refractivity contribution in [1.29, 1.82) is 0 Å². The van der Waals surface area contributed by atoms with Crippen LogP contribution in [-0.2, 0) is 22.8 Å². The Morgan fingerprint density at radius 3 is 2.24 bits per heavy atom. The molecule has 0 aliphatic rings. The molecule has 0 spiro atoms. The summed E-state index contributed by atoms with van der Waals surface area (Å²) in [7, 11) is -4.30. The number of benzene rings is 3. The molecular formula is C22H14Cl2F3N3O3S. The van der Waals surface area contributed by atoms with Crippen molar-refractivity contribution in [2.24, 2.45) is 0 Å². The molecule has 4 rings (SSSR count). The lowest BCUT2D eigenvalue weighted by Gasteiger charge is -2.16. The van der Waals surface area contributed by atoms with Crippen LogP contribution in [0.3, 0.4) is 0 Å². The maximum atomic E-state index is 13.3. The van der Waals surface area contributed by atoms with E-state index in [1.807, 2.05) is 0 Å². The summed E-state index contributed by atoms with van der Waals surface area (Å²) in [5, 5.41) is -0.179. The summed E-state index contributed by atoms with van der Waals surface area (Å²) in [6.45, 7) is -0.532. The molecule has 0 aliphatic carbocycles. The maximum absolute atomic E-state index is 13.3. The minimum atomic E-state index is -4.59. The number of fused-ring (bicyclic) bond motifs is 1. The quantitative estimate of drug-likeness (QED) is 0.316. The summed E-state index contributed by atoms with van der Waals surface area (Å²) in [5.41, 5.74) is -0.348. The van der Waals surface area contributed by atoms with Crippen molar-refractivity contribution in [2.45, 2.75) is 17.7 Å². The van der Waals surface area contributed by atoms with E-state index >= 15 is 0 Å². The first-order chi connectivity index (χ1) is 16.1. The Bertz CT molecular complexity index is 1480. The minimum absolute atomic E-state index is 0.0226. The molecule has 0 atom stereocenters. The number of hydrogen-bond acceptors (Lipinski definition) is 5.